The number of halogens is 3. The Morgan fingerprint density at radius 2 is 1.53 bits per heavy atom. The predicted octanol–water partition coefficient (Wildman–Crippen LogP) is 3.66. The van der Waals surface area contributed by atoms with E-state index in [9.17, 15) is 13.2 Å². The van der Waals surface area contributed by atoms with Crippen LogP contribution < -0.4 is 5.73 Å². The maximum absolute atomic E-state index is 13.1. The van der Waals surface area contributed by atoms with Crippen LogP contribution in [0.5, 0.6) is 0 Å². The fraction of sp³-hybridized carbons (Fsp3) is 0.0769. The largest absolute Gasteiger partial charge is 0.398 e. The zero-order valence-corrected chi connectivity index (χ0v) is 9.10. The topological polar surface area (TPSA) is 26.0 Å². The van der Waals surface area contributed by atoms with Crippen LogP contribution in [0.25, 0.3) is 11.1 Å². The lowest BCUT2D eigenvalue weighted by molar-refractivity contribution is 0.448. The summed E-state index contributed by atoms with van der Waals surface area (Å²) in [5.74, 6) is -3.92. The van der Waals surface area contributed by atoms with Gasteiger partial charge in [-0.05, 0) is 36.8 Å². The molecular weight excluding hydrogens is 227 g/mol. The molecule has 0 saturated heterocycles. The van der Waals surface area contributed by atoms with E-state index in [2.05, 4.69) is 0 Å². The van der Waals surface area contributed by atoms with Crippen molar-refractivity contribution in [2.75, 3.05) is 5.73 Å². The fourth-order valence-electron chi connectivity index (χ4n) is 1.63. The first-order valence-corrected chi connectivity index (χ1v) is 5.00. The normalized spacial score (nSPS) is 10.6. The van der Waals surface area contributed by atoms with Crippen molar-refractivity contribution in [3.05, 3.63) is 53.3 Å². The molecule has 0 aliphatic carbocycles. The van der Waals surface area contributed by atoms with Crippen LogP contribution in [0.15, 0.2) is 30.3 Å². The van der Waals surface area contributed by atoms with Crippen LogP contribution in [-0.2, 0) is 0 Å². The molecule has 2 rings (SSSR count). The summed E-state index contributed by atoms with van der Waals surface area (Å²) in [5, 5.41) is 0. The Bertz CT molecular complexity index is 556. The highest BCUT2D eigenvalue weighted by molar-refractivity contribution is 5.76. The van der Waals surface area contributed by atoms with Crippen molar-refractivity contribution in [2.24, 2.45) is 0 Å². The van der Waals surface area contributed by atoms with Crippen molar-refractivity contribution in [1.29, 1.82) is 0 Å². The lowest BCUT2D eigenvalue weighted by Crippen LogP contribution is -1.95. The summed E-state index contributed by atoms with van der Waals surface area (Å²) in [6.45, 7) is 1.83. The van der Waals surface area contributed by atoms with Crippen molar-refractivity contribution in [3.63, 3.8) is 0 Å². The van der Waals surface area contributed by atoms with Crippen LogP contribution in [-0.4, -0.2) is 0 Å². The minimum absolute atomic E-state index is 0.225. The molecule has 17 heavy (non-hydrogen) atoms. The van der Waals surface area contributed by atoms with Crippen molar-refractivity contribution < 1.29 is 13.2 Å². The first kappa shape index (κ1) is 11.5. The van der Waals surface area contributed by atoms with Crippen LogP contribution in [0.3, 0.4) is 0 Å². The van der Waals surface area contributed by atoms with Gasteiger partial charge in [-0.25, -0.2) is 13.2 Å². The zero-order chi connectivity index (χ0) is 12.6. The molecule has 0 saturated carbocycles. The first-order chi connectivity index (χ1) is 7.99. The summed E-state index contributed by atoms with van der Waals surface area (Å²) in [6, 6.07) is 6.99. The second-order valence-corrected chi connectivity index (χ2v) is 3.84. The molecule has 0 spiro atoms. The SMILES string of the molecule is Cc1ccc(N)c(-c2cc(F)c(F)c(F)c2)c1. The summed E-state index contributed by atoms with van der Waals surface area (Å²) >= 11 is 0. The average Bonchev–Trinajstić information content (AvgIpc) is 2.28. The van der Waals surface area contributed by atoms with Crippen LogP contribution in [0.2, 0.25) is 0 Å². The Morgan fingerprint density at radius 1 is 0.941 bits per heavy atom. The average molecular weight is 237 g/mol. The number of benzene rings is 2. The van der Waals surface area contributed by atoms with Crippen LogP contribution in [0.4, 0.5) is 18.9 Å². The number of aryl methyl sites for hydroxylation is 1. The van der Waals surface area contributed by atoms with E-state index < -0.39 is 17.5 Å². The summed E-state index contributed by atoms with van der Waals surface area (Å²) in [5.41, 5.74) is 7.73. The smallest absolute Gasteiger partial charge is 0.194 e. The molecule has 0 bridgehead atoms. The second kappa shape index (κ2) is 4.13. The maximum Gasteiger partial charge on any atom is 0.194 e. The van der Waals surface area contributed by atoms with Gasteiger partial charge in [0.2, 0.25) is 0 Å². The van der Waals surface area contributed by atoms with Gasteiger partial charge in [-0.3, -0.25) is 0 Å². The Kier molecular flexibility index (Phi) is 2.79. The number of hydrogen-bond acceptors (Lipinski definition) is 1. The highest BCUT2D eigenvalue weighted by Crippen LogP contribution is 2.29. The van der Waals surface area contributed by atoms with Crippen molar-refractivity contribution in [2.45, 2.75) is 6.92 Å². The quantitative estimate of drug-likeness (QED) is 0.594. The third-order valence-corrected chi connectivity index (χ3v) is 2.50. The van der Waals surface area contributed by atoms with E-state index in [0.29, 0.717) is 11.3 Å². The van der Waals surface area contributed by atoms with E-state index in [1.807, 2.05) is 6.92 Å². The maximum atomic E-state index is 13.1. The Hall–Kier alpha value is -1.97. The Labute approximate surface area is 96.7 Å². The highest BCUT2D eigenvalue weighted by atomic mass is 19.2. The Morgan fingerprint density at radius 3 is 2.12 bits per heavy atom. The van der Waals surface area contributed by atoms with Gasteiger partial charge in [-0.1, -0.05) is 11.6 Å². The van der Waals surface area contributed by atoms with Crippen LogP contribution >= 0.6 is 0 Å². The van der Waals surface area contributed by atoms with E-state index in [1.54, 1.807) is 18.2 Å². The molecule has 0 fully saturated rings. The van der Waals surface area contributed by atoms with Crippen molar-refractivity contribution >= 4 is 5.69 Å². The summed E-state index contributed by atoms with van der Waals surface area (Å²) in [6.07, 6.45) is 0. The molecule has 0 atom stereocenters. The van der Waals surface area contributed by atoms with Crippen LogP contribution in [0, 0.1) is 24.4 Å². The Balaban J connectivity index is 2.64. The monoisotopic (exact) mass is 237 g/mol. The summed E-state index contributed by atoms with van der Waals surface area (Å²) < 4.78 is 39.0. The van der Waals surface area contributed by atoms with Crippen molar-refractivity contribution in [1.82, 2.24) is 0 Å². The first-order valence-electron chi connectivity index (χ1n) is 5.00. The zero-order valence-electron chi connectivity index (χ0n) is 9.10. The van der Waals surface area contributed by atoms with Gasteiger partial charge in [0.15, 0.2) is 17.5 Å². The molecular formula is C13H10F3N. The molecule has 2 N–H and O–H groups in total. The predicted molar refractivity (Wildman–Crippen MR) is 60.9 cm³/mol. The van der Waals surface area contributed by atoms with E-state index in [-0.39, 0.29) is 5.56 Å². The number of nitrogen functional groups attached to an aromatic ring is 1. The van der Waals surface area contributed by atoms with E-state index in [0.717, 1.165) is 17.7 Å². The number of rotatable bonds is 1. The molecule has 0 aliphatic rings. The van der Waals surface area contributed by atoms with Gasteiger partial charge in [-0.15, -0.1) is 0 Å². The summed E-state index contributed by atoms with van der Waals surface area (Å²) in [4.78, 5) is 0. The molecule has 0 heterocycles. The second-order valence-electron chi connectivity index (χ2n) is 3.84. The lowest BCUT2D eigenvalue weighted by Gasteiger charge is -2.08. The van der Waals surface area contributed by atoms with Gasteiger partial charge in [0.1, 0.15) is 0 Å². The molecule has 2 aromatic rings. The fourth-order valence-corrected chi connectivity index (χ4v) is 1.63. The van der Waals surface area contributed by atoms with Gasteiger partial charge in [0, 0.05) is 11.3 Å². The number of anilines is 1. The molecule has 0 radical (unpaired) electrons. The molecule has 4 heteroatoms. The molecule has 2 aromatic carbocycles. The molecule has 0 amide bonds. The van der Waals surface area contributed by atoms with E-state index >= 15 is 0 Å². The van der Waals surface area contributed by atoms with Crippen LogP contribution in [0.1, 0.15) is 5.56 Å². The summed E-state index contributed by atoms with van der Waals surface area (Å²) in [7, 11) is 0. The van der Waals surface area contributed by atoms with Gasteiger partial charge in [0.05, 0.1) is 0 Å². The molecule has 0 aromatic heterocycles. The molecule has 0 aliphatic heterocycles. The van der Waals surface area contributed by atoms with Crippen molar-refractivity contribution in [3.8, 4) is 11.1 Å². The highest BCUT2D eigenvalue weighted by Gasteiger charge is 2.13. The van der Waals surface area contributed by atoms with E-state index in [4.69, 9.17) is 5.73 Å². The standard InChI is InChI=1S/C13H10F3N/c1-7-2-3-12(17)9(4-7)8-5-10(14)13(16)11(15)6-8/h2-6H,17H2,1H3. The molecule has 0 unspecified atom stereocenters. The number of nitrogens with two attached hydrogens (primary N) is 1. The number of hydrogen-bond donors (Lipinski definition) is 1. The minimum atomic E-state index is -1.47. The van der Waals surface area contributed by atoms with E-state index in [1.165, 1.54) is 0 Å². The molecule has 1 nitrogen and oxygen atoms in total. The lowest BCUT2D eigenvalue weighted by atomic mass is 10.0. The van der Waals surface area contributed by atoms with Gasteiger partial charge in [-0.2, -0.15) is 0 Å². The molecule has 88 valence electrons. The third-order valence-electron chi connectivity index (χ3n) is 2.50. The van der Waals surface area contributed by atoms with Gasteiger partial charge < -0.3 is 5.73 Å². The van der Waals surface area contributed by atoms with Gasteiger partial charge >= 0.3 is 0 Å². The third kappa shape index (κ3) is 2.11. The van der Waals surface area contributed by atoms with Gasteiger partial charge in [0.25, 0.3) is 0 Å². The minimum Gasteiger partial charge on any atom is -0.398 e.